The number of benzene rings is 1. The van der Waals surface area contributed by atoms with Crippen LogP contribution in [-0.2, 0) is 29.8 Å². The Morgan fingerprint density at radius 2 is 2.14 bits per heavy atom. The molecule has 0 radical (unpaired) electrons. The van der Waals surface area contributed by atoms with Gasteiger partial charge in [-0.25, -0.2) is 9.97 Å². The molecule has 1 spiro atoms. The van der Waals surface area contributed by atoms with Gasteiger partial charge in [0.05, 0.1) is 37.1 Å². The second kappa shape index (κ2) is 7.61. The molecule has 6 heteroatoms. The maximum Gasteiger partial charge on any atom is 0.223 e. The van der Waals surface area contributed by atoms with Gasteiger partial charge in [0.2, 0.25) is 5.95 Å². The molecule has 1 saturated heterocycles. The Labute approximate surface area is 170 Å². The standard InChI is InChI=1S/C23H26N4O2/c1-17-5-2-3-6-18(17)13-27-9-8-23(15-27)16-28-14-19-11-24-22(26-21(19)23)25-12-20-7-4-10-29-20/h2-7,10-11H,8-9,12-16H2,1H3,(H,24,25,26)/t23-/m1/s1. The molecule has 0 saturated carbocycles. The highest BCUT2D eigenvalue weighted by atomic mass is 16.5. The van der Waals surface area contributed by atoms with Gasteiger partial charge in [-0.05, 0) is 43.1 Å². The highest BCUT2D eigenvalue weighted by Gasteiger charge is 2.44. The van der Waals surface area contributed by atoms with Crippen LogP contribution in [-0.4, -0.2) is 34.6 Å². The summed E-state index contributed by atoms with van der Waals surface area (Å²) in [7, 11) is 0. The van der Waals surface area contributed by atoms with Crippen LogP contribution in [0.25, 0.3) is 0 Å². The van der Waals surface area contributed by atoms with Gasteiger partial charge in [0.1, 0.15) is 5.76 Å². The summed E-state index contributed by atoms with van der Waals surface area (Å²) in [6, 6.07) is 12.5. The maximum absolute atomic E-state index is 5.97. The van der Waals surface area contributed by atoms with E-state index in [-0.39, 0.29) is 5.41 Å². The number of furan rings is 1. The molecule has 2 aliphatic heterocycles. The van der Waals surface area contributed by atoms with Crippen molar-refractivity contribution in [2.75, 3.05) is 25.0 Å². The van der Waals surface area contributed by atoms with Crippen molar-refractivity contribution in [3.8, 4) is 0 Å². The van der Waals surface area contributed by atoms with Crippen LogP contribution >= 0.6 is 0 Å². The van der Waals surface area contributed by atoms with Crippen LogP contribution in [0.2, 0.25) is 0 Å². The van der Waals surface area contributed by atoms with Gasteiger partial charge in [-0.3, -0.25) is 4.90 Å². The molecule has 0 aliphatic carbocycles. The molecule has 0 bridgehead atoms. The predicted octanol–water partition coefficient (Wildman–Crippen LogP) is 3.66. The first kappa shape index (κ1) is 18.3. The molecule has 3 aromatic rings. The number of aryl methyl sites for hydroxylation is 1. The normalized spacial score (nSPS) is 21.4. The number of fused-ring (bicyclic) bond motifs is 2. The van der Waals surface area contributed by atoms with Gasteiger partial charge in [0.15, 0.2) is 0 Å². The molecule has 1 fully saturated rings. The number of rotatable bonds is 5. The Hall–Kier alpha value is -2.70. The Morgan fingerprint density at radius 1 is 1.21 bits per heavy atom. The quantitative estimate of drug-likeness (QED) is 0.717. The number of hydrogen-bond acceptors (Lipinski definition) is 6. The molecule has 4 heterocycles. The molecule has 1 atom stereocenters. The molecule has 150 valence electrons. The molecule has 5 rings (SSSR count). The Balaban J connectivity index is 1.35. The lowest BCUT2D eigenvalue weighted by molar-refractivity contribution is 0.0503. The summed E-state index contributed by atoms with van der Waals surface area (Å²) in [5, 5.41) is 3.29. The van der Waals surface area contributed by atoms with Gasteiger partial charge in [0, 0.05) is 24.8 Å². The molecule has 6 nitrogen and oxygen atoms in total. The molecule has 0 amide bonds. The van der Waals surface area contributed by atoms with Crippen LogP contribution in [0.3, 0.4) is 0 Å². The lowest BCUT2D eigenvalue weighted by atomic mass is 9.80. The fourth-order valence-electron chi connectivity index (χ4n) is 4.49. The largest absolute Gasteiger partial charge is 0.467 e. The van der Waals surface area contributed by atoms with Crippen molar-refractivity contribution < 1.29 is 9.15 Å². The smallest absolute Gasteiger partial charge is 0.223 e. The van der Waals surface area contributed by atoms with E-state index in [1.807, 2.05) is 18.3 Å². The van der Waals surface area contributed by atoms with Crippen molar-refractivity contribution in [3.05, 3.63) is 77.0 Å². The van der Waals surface area contributed by atoms with Gasteiger partial charge < -0.3 is 14.5 Å². The maximum atomic E-state index is 5.97. The van der Waals surface area contributed by atoms with Crippen molar-refractivity contribution in [3.63, 3.8) is 0 Å². The van der Waals surface area contributed by atoms with Crippen LogP contribution in [0.1, 0.15) is 34.6 Å². The molecule has 2 aliphatic rings. The number of nitrogens with one attached hydrogen (secondary N) is 1. The number of ether oxygens (including phenoxy) is 1. The topological polar surface area (TPSA) is 63.4 Å². The molecule has 2 aromatic heterocycles. The zero-order valence-corrected chi connectivity index (χ0v) is 16.7. The first-order valence-corrected chi connectivity index (χ1v) is 10.2. The van der Waals surface area contributed by atoms with Crippen molar-refractivity contribution >= 4 is 5.95 Å². The minimum absolute atomic E-state index is 0.0552. The average Bonchev–Trinajstić information content (AvgIpc) is 3.40. The fraction of sp³-hybridized carbons (Fsp3) is 0.391. The molecule has 0 unspecified atom stereocenters. The lowest BCUT2D eigenvalue weighted by Crippen LogP contribution is -2.40. The van der Waals surface area contributed by atoms with Gasteiger partial charge in [0.25, 0.3) is 0 Å². The number of aromatic nitrogens is 2. The van der Waals surface area contributed by atoms with Crippen molar-refractivity contribution in [1.82, 2.24) is 14.9 Å². The zero-order chi connectivity index (χ0) is 19.7. The Bertz CT molecular complexity index is 988. The third-order valence-corrected chi connectivity index (χ3v) is 6.09. The van der Waals surface area contributed by atoms with Gasteiger partial charge in [-0.2, -0.15) is 0 Å². The Kier molecular flexibility index (Phi) is 4.81. The van der Waals surface area contributed by atoms with Crippen LogP contribution in [0.4, 0.5) is 5.95 Å². The van der Waals surface area contributed by atoms with Gasteiger partial charge >= 0.3 is 0 Å². The monoisotopic (exact) mass is 390 g/mol. The minimum Gasteiger partial charge on any atom is -0.467 e. The first-order valence-electron chi connectivity index (χ1n) is 10.2. The number of likely N-dealkylation sites (tertiary alicyclic amines) is 1. The van der Waals surface area contributed by atoms with Gasteiger partial charge in [-0.1, -0.05) is 24.3 Å². The summed E-state index contributed by atoms with van der Waals surface area (Å²) >= 11 is 0. The van der Waals surface area contributed by atoms with E-state index in [9.17, 15) is 0 Å². The molecule has 29 heavy (non-hydrogen) atoms. The fourth-order valence-corrected chi connectivity index (χ4v) is 4.49. The van der Waals surface area contributed by atoms with E-state index < -0.39 is 0 Å². The van der Waals surface area contributed by atoms with Crippen molar-refractivity contribution in [1.29, 1.82) is 0 Å². The zero-order valence-electron chi connectivity index (χ0n) is 16.7. The number of nitrogens with zero attached hydrogens (tertiary/aromatic N) is 3. The second-order valence-corrected chi connectivity index (χ2v) is 8.16. The van der Waals surface area contributed by atoms with Crippen LogP contribution in [0, 0.1) is 6.92 Å². The van der Waals surface area contributed by atoms with Crippen LogP contribution in [0.5, 0.6) is 0 Å². The highest BCUT2D eigenvalue weighted by molar-refractivity contribution is 5.37. The summed E-state index contributed by atoms with van der Waals surface area (Å²) in [5.74, 6) is 1.52. The summed E-state index contributed by atoms with van der Waals surface area (Å²) in [5.41, 5.74) is 4.94. The average molecular weight is 390 g/mol. The van der Waals surface area contributed by atoms with E-state index in [4.69, 9.17) is 14.1 Å². The van der Waals surface area contributed by atoms with E-state index >= 15 is 0 Å². The molecule has 1 aromatic carbocycles. The molecular weight excluding hydrogens is 364 g/mol. The third kappa shape index (κ3) is 3.66. The highest BCUT2D eigenvalue weighted by Crippen LogP contribution is 2.39. The summed E-state index contributed by atoms with van der Waals surface area (Å²) < 4.78 is 11.4. The van der Waals surface area contributed by atoms with Crippen molar-refractivity contribution in [2.45, 2.75) is 38.5 Å². The molecular formula is C23H26N4O2. The Morgan fingerprint density at radius 3 is 3.00 bits per heavy atom. The van der Waals surface area contributed by atoms with E-state index in [2.05, 4.69) is 46.4 Å². The van der Waals surface area contributed by atoms with Gasteiger partial charge in [-0.15, -0.1) is 0 Å². The van der Waals surface area contributed by atoms with E-state index in [0.717, 1.165) is 49.7 Å². The minimum atomic E-state index is -0.0552. The predicted molar refractivity (Wildman–Crippen MR) is 110 cm³/mol. The number of hydrogen-bond donors (Lipinski definition) is 1. The van der Waals surface area contributed by atoms with Crippen LogP contribution < -0.4 is 5.32 Å². The van der Waals surface area contributed by atoms with E-state index in [1.54, 1.807) is 6.26 Å². The summed E-state index contributed by atoms with van der Waals surface area (Å²) in [4.78, 5) is 12.0. The van der Waals surface area contributed by atoms with Crippen molar-refractivity contribution in [2.24, 2.45) is 0 Å². The SMILES string of the molecule is Cc1ccccc1CN1CC[C@]2(COCc3cnc(NCc4ccco4)nc32)C1. The lowest BCUT2D eigenvalue weighted by Gasteiger charge is -2.34. The summed E-state index contributed by atoms with van der Waals surface area (Å²) in [6.07, 6.45) is 4.65. The first-order chi connectivity index (χ1) is 14.2. The molecule has 1 N–H and O–H groups in total. The second-order valence-electron chi connectivity index (χ2n) is 8.16. The van der Waals surface area contributed by atoms with E-state index in [0.29, 0.717) is 19.1 Å². The van der Waals surface area contributed by atoms with E-state index in [1.165, 1.54) is 11.1 Å². The number of anilines is 1. The third-order valence-electron chi connectivity index (χ3n) is 6.09. The summed E-state index contributed by atoms with van der Waals surface area (Å²) in [6.45, 7) is 7.06. The van der Waals surface area contributed by atoms with Crippen LogP contribution in [0.15, 0.2) is 53.3 Å².